The van der Waals surface area contributed by atoms with E-state index in [0.29, 0.717) is 17.5 Å². The summed E-state index contributed by atoms with van der Waals surface area (Å²) in [5, 5.41) is 11.4. The summed E-state index contributed by atoms with van der Waals surface area (Å²) in [7, 11) is -3.22. The van der Waals surface area contributed by atoms with E-state index in [1.807, 2.05) is 18.2 Å². The molecule has 24 heavy (non-hydrogen) atoms. The zero-order chi connectivity index (χ0) is 16.8. The maximum absolute atomic E-state index is 12.2. The molecule has 0 bridgehead atoms. The van der Waals surface area contributed by atoms with E-state index in [1.54, 1.807) is 30.5 Å². The first-order chi connectivity index (χ1) is 11.7. The minimum atomic E-state index is -3.22. The Bertz CT molecular complexity index is 738. The molecule has 1 fully saturated rings. The highest BCUT2D eigenvalue weighted by Crippen LogP contribution is 2.22. The number of aromatic nitrogens is 2. The van der Waals surface area contributed by atoms with E-state index in [0.717, 1.165) is 31.7 Å². The van der Waals surface area contributed by atoms with Crippen molar-refractivity contribution in [2.24, 2.45) is 0 Å². The highest BCUT2D eigenvalue weighted by Gasteiger charge is 2.25. The zero-order valence-electron chi connectivity index (χ0n) is 13.5. The summed E-state index contributed by atoms with van der Waals surface area (Å²) in [5.41, 5.74) is 0. The number of rotatable bonds is 7. The smallest absolute Gasteiger partial charge is 0.179 e. The molecule has 128 valence electrons. The lowest BCUT2D eigenvalue weighted by Gasteiger charge is -2.25. The van der Waals surface area contributed by atoms with Crippen LogP contribution in [-0.2, 0) is 9.84 Å². The second kappa shape index (κ2) is 7.72. The minimum absolute atomic E-state index is 0.106. The van der Waals surface area contributed by atoms with Crippen molar-refractivity contribution in [3.8, 4) is 0 Å². The van der Waals surface area contributed by atoms with Crippen molar-refractivity contribution in [1.82, 2.24) is 15.5 Å². The number of hydrogen-bond donors (Lipinski definition) is 1. The molecule has 1 aromatic heterocycles. The SMILES string of the molecule is O=S(=O)(CCNC[C@H]1CCCN1c1cccnn1)c1ccccc1. The standard InChI is InChI=1S/C17H22N4O2S/c22-24(23,16-7-2-1-3-8-16)13-11-18-14-15-6-5-12-21(15)17-9-4-10-19-20-17/h1-4,7-10,15,18H,5-6,11-14H2/t15-/m1/s1. The Kier molecular flexibility index (Phi) is 5.42. The van der Waals surface area contributed by atoms with E-state index in [1.165, 1.54) is 0 Å². The third-order valence-electron chi connectivity index (χ3n) is 4.26. The number of benzene rings is 1. The summed E-state index contributed by atoms with van der Waals surface area (Å²) in [6.45, 7) is 2.16. The van der Waals surface area contributed by atoms with Crippen LogP contribution in [0.1, 0.15) is 12.8 Å². The fraction of sp³-hybridized carbons (Fsp3) is 0.412. The normalized spacial score (nSPS) is 18.0. The molecule has 1 N–H and O–H groups in total. The predicted octanol–water partition coefficient (Wildman–Crippen LogP) is 1.51. The minimum Gasteiger partial charge on any atom is -0.351 e. The Balaban J connectivity index is 1.50. The molecule has 0 radical (unpaired) electrons. The van der Waals surface area contributed by atoms with Gasteiger partial charge in [0.05, 0.1) is 10.6 Å². The third kappa shape index (κ3) is 4.10. The number of hydrogen-bond acceptors (Lipinski definition) is 6. The molecule has 0 saturated carbocycles. The Morgan fingerprint density at radius 3 is 2.75 bits per heavy atom. The first-order valence-corrected chi connectivity index (χ1v) is 9.85. The van der Waals surface area contributed by atoms with Crippen LogP contribution in [0.25, 0.3) is 0 Å². The molecule has 7 heteroatoms. The van der Waals surface area contributed by atoms with E-state index in [9.17, 15) is 8.42 Å². The topological polar surface area (TPSA) is 75.2 Å². The fourth-order valence-electron chi connectivity index (χ4n) is 3.02. The zero-order valence-corrected chi connectivity index (χ0v) is 14.3. The molecular weight excluding hydrogens is 324 g/mol. The number of sulfone groups is 1. The molecule has 6 nitrogen and oxygen atoms in total. The molecule has 1 aliphatic heterocycles. The maximum atomic E-state index is 12.2. The average Bonchev–Trinajstić information content (AvgIpc) is 3.09. The van der Waals surface area contributed by atoms with Crippen LogP contribution in [0.5, 0.6) is 0 Å². The van der Waals surface area contributed by atoms with Gasteiger partial charge in [-0.15, -0.1) is 5.10 Å². The summed E-state index contributed by atoms with van der Waals surface area (Å²) in [4.78, 5) is 2.62. The van der Waals surface area contributed by atoms with Crippen LogP contribution < -0.4 is 10.2 Å². The summed E-state index contributed by atoms with van der Waals surface area (Å²) < 4.78 is 24.5. The van der Waals surface area contributed by atoms with Crippen molar-refractivity contribution in [1.29, 1.82) is 0 Å². The van der Waals surface area contributed by atoms with Crippen molar-refractivity contribution in [2.45, 2.75) is 23.8 Å². The van der Waals surface area contributed by atoms with Gasteiger partial charge in [0.15, 0.2) is 15.7 Å². The molecule has 2 heterocycles. The predicted molar refractivity (Wildman–Crippen MR) is 93.8 cm³/mol. The first kappa shape index (κ1) is 16.9. The summed E-state index contributed by atoms with van der Waals surface area (Å²) in [6, 6.07) is 12.8. The van der Waals surface area contributed by atoms with Gasteiger partial charge in [0, 0.05) is 31.9 Å². The molecule has 3 rings (SSSR count). The second-order valence-electron chi connectivity index (χ2n) is 5.91. The molecule has 0 unspecified atom stereocenters. The van der Waals surface area contributed by atoms with Gasteiger partial charge in [-0.2, -0.15) is 5.10 Å². The monoisotopic (exact) mass is 346 g/mol. The van der Waals surface area contributed by atoms with Crippen LogP contribution in [0.15, 0.2) is 53.6 Å². The summed E-state index contributed by atoms with van der Waals surface area (Å²) in [5.74, 6) is 0.994. The number of nitrogens with one attached hydrogen (secondary N) is 1. The maximum Gasteiger partial charge on any atom is 0.179 e. The highest BCUT2D eigenvalue weighted by atomic mass is 32.2. The first-order valence-electron chi connectivity index (χ1n) is 8.20. The number of anilines is 1. The van der Waals surface area contributed by atoms with Gasteiger partial charge in [-0.05, 0) is 37.1 Å². The molecule has 1 aliphatic rings. The van der Waals surface area contributed by atoms with Gasteiger partial charge in [0.1, 0.15) is 0 Å². The third-order valence-corrected chi connectivity index (χ3v) is 5.99. The molecular formula is C17H22N4O2S. The lowest BCUT2D eigenvalue weighted by atomic mass is 10.2. The lowest BCUT2D eigenvalue weighted by Crippen LogP contribution is -2.39. The highest BCUT2D eigenvalue weighted by molar-refractivity contribution is 7.91. The fourth-order valence-corrected chi connectivity index (χ4v) is 4.24. The van der Waals surface area contributed by atoms with Gasteiger partial charge >= 0.3 is 0 Å². The van der Waals surface area contributed by atoms with Crippen LogP contribution in [0.3, 0.4) is 0 Å². The van der Waals surface area contributed by atoms with Gasteiger partial charge in [-0.1, -0.05) is 18.2 Å². The van der Waals surface area contributed by atoms with Crippen LogP contribution in [-0.4, -0.2) is 50.0 Å². The van der Waals surface area contributed by atoms with Crippen molar-refractivity contribution in [3.05, 3.63) is 48.7 Å². The average molecular weight is 346 g/mol. The second-order valence-corrected chi connectivity index (χ2v) is 8.02. The van der Waals surface area contributed by atoms with Crippen molar-refractivity contribution in [3.63, 3.8) is 0 Å². The van der Waals surface area contributed by atoms with Crippen molar-refractivity contribution < 1.29 is 8.42 Å². The Hall–Kier alpha value is -1.99. The summed E-state index contributed by atoms with van der Waals surface area (Å²) in [6.07, 6.45) is 3.86. The quantitative estimate of drug-likeness (QED) is 0.766. The van der Waals surface area contributed by atoms with Crippen LogP contribution >= 0.6 is 0 Å². The Morgan fingerprint density at radius 1 is 1.17 bits per heavy atom. The van der Waals surface area contributed by atoms with Crippen molar-refractivity contribution in [2.75, 3.05) is 30.3 Å². The summed E-state index contributed by atoms with van der Waals surface area (Å²) >= 11 is 0. The van der Waals surface area contributed by atoms with Crippen LogP contribution in [0.2, 0.25) is 0 Å². The molecule has 0 amide bonds. The van der Waals surface area contributed by atoms with Gasteiger partial charge in [-0.3, -0.25) is 0 Å². The van der Waals surface area contributed by atoms with Crippen molar-refractivity contribution >= 4 is 15.7 Å². The Morgan fingerprint density at radius 2 is 2.00 bits per heavy atom. The molecule has 2 aromatic rings. The molecule has 1 saturated heterocycles. The van der Waals surface area contributed by atoms with Crippen LogP contribution in [0, 0.1) is 0 Å². The van der Waals surface area contributed by atoms with E-state index in [-0.39, 0.29) is 5.75 Å². The van der Waals surface area contributed by atoms with E-state index in [4.69, 9.17) is 0 Å². The van der Waals surface area contributed by atoms with E-state index >= 15 is 0 Å². The Labute approximate surface area is 142 Å². The molecule has 0 spiro atoms. The van der Waals surface area contributed by atoms with E-state index < -0.39 is 9.84 Å². The van der Waals surface area contributed by atoms with Gasteiger partial charge in [-0.25, -0.2) is 8.42 Å². The van der Waals surface area contributed by atoms with Gasteiger partial charge < -0.3 is 10.2 Å². The van der Waals surface area contributed by atoms with E-state index in [2.05, 4.69) is 20.4 Å². The van der Waals surface area contributed by atoms with Gasteiger partial charge in [0.2, 0.25) is 0 Å². The molecule has 0 aliphatic carbocycles. The lowest BCUT2D eigenvalue weighted by molar-refractivity contribution is 0.569. The van der Waals surface area contributed by atoms with Crippen LogP contribution in [0.4, 0.5) is 5.82 Å². The number of nitrogens with zero attached hydrogens (tertiary/aromatic N) is 3. The largest absolute Gasteiger partial charge is 0.351 e. The van der Waals surface area contributed by atoms with Gasteiger partial charge in [0.25, 0.3) is 0 Å². The molecule has 1 aromatic carbocycles. The molecule has 1 atom stereocenters.